The molecule has 2 aliphatic rings. The summed E-state index contributed by atoms with van der Waals surface area (Å²) in [6.45, 7) is 2.13. The maximum Gasteiger partial charge on any atom is 0.0204 e. The molecule has 1 nitrogen and oxygen atoms in total. The van der Waals surface area contributed by atoms with Crippen molar-refractivity contribution in [2.45, 2.75) is 32.2 Å². The van der Waals surface area contributed by atoms with Crippen molar-refractivity contribution in [2.24, 2.45) is 17.6 Å². The second-order valence-corrected chi connectivity index (χ2v) is 4.25. The van der Waals surface area contributed by atoms with Crippen LogP contribution in [0.25, 0.3) is 0 Å². The predicted molar refractivity (Wildman–Crippen MR) is 47.4 cm³/mol. The van der Waals surface area contributed by atoms with E-state index in [0.717, 1.165) is 11.5 Å². The molecule has 62 valence electrons. The molecule has 2 N–H and O–H groups in total. The summed E-state index contributed by atoms with van der Waals surface area (Å²) in [5, 5.41) is 1.11. The van der Waals surface area contributed by atoms with Crippen LogP contribution in [0, 0.1) is 11.8 Å². The van der Waals surface area contributed by atoms with Crippen molar-refractivity contribution in [3.63, 3.8) is 0 Å². The van der Waals surface area contributed by atoms with Crippen molar-refractivity contribution in [1.82, 2.24) is 0 Å². The largest absolute Gasteiger partial charge is 0.327 e. The summed E-state index contributed by atoms with van der Waals surface area (Å²) in [5.41, 5.74) is 7.33. The third-order valence-corrected chi connectivity index (χ3v) is 3.76. The molecule has 0 aromatic rings. The van der Waals surface area contributed by atoms with Crippen LogP contribution >= 0.6 is 11.6 Å². The van der Waals surface area contributed by atoms with E-state index in [2.05, 4.69) is 6.92 Å². The van der Waals surface area contributed by atoms with Crippen LogP contribution in [0.15, 0.2) is 10.6 Å². The molecule has 0 bridgehead atoms. The molecule has 0 radical (unpaired) electrons. The van der Waals surface area contributed by atoms with Gasteiger partial charge in [-0.15, -0.1) is 0 Å². The number of halogens is 1. The number of nitrogens with two attached hydrogens (primary N) is 1. The predicted octanol–water partition coefficient (Wildman–Crippen LogP) is 2.26. The Balaban J connectivity index is 2.22. The molecule has 2 rings (SSSR count). The molecule has 0 amide bonds. The minimum atomic E-state index is 0.409. The summed E-state index contributed by atoms with van der Waals surface area (Å²) in [4.78, 5) is 0. The van der Waals surface area contributed by atoms with Crippen molar-refractivity contribution < 1.29 is 0 Å². The highest BCUT2D eigenvalue weighted by atomic mass is 35.5. The maximum absolute atomic E-state index is 6.15. The molecular formula is C9H14ClN. The highest BCUT2D eigenvalue weighted by molar-refractivity contribution is 6.30. The SMILES string of the molecule is CC1=C(Cl)C2CC[C@H](N)C2C1. The highest BCUT2D eigenvalue weighted by Gasteiger charge is 2.40. The van der Waals surface area contributed by atoms with Gasteiger partial charge in [0.1, 0.15) is 0 Å². The van der Waals surface area contributed by atoms with Gasteiger partial charge in [0.15, 0.2) is 0 Å². The third-order valence-electron chi connectivity index (χ3n) is 3.15. The molecule has 0 aromatic carbocycles. The van der Waals surface area contributed by atoms with Crippen LogP contribution in [0.4, 0.5) is 0 Å². The van der Waals surface area contributed by atoms with Crippen LogP contribution in [-0.2, 0) is 0 Å². The van der Waals surface area contributed by atoms with Crippen LogP contribution in [-0.4, -0.2) is 6.04 Å². The normalized spacial score (nSPS) is 43.4. The fourth-order valence-corrected chi connectivity index (χ4v) is 2.82. The van der Waals surface area contributed by atoms with E-state index in [9.17, 15) is 0 Å². The van der Waals surface area contributed by atoms with Crippen LogP contribution in [0.2, 0.25) is 0 Å². The molecule has 2 heteroatoms. The van der Waals surface area contributed by atoms with E-state index < -0.39 is 0 Å². The van der Waals surface area contributed by atoms with E-state index in [1.165, 1.54) is 18.4 Å². The Morgan fingerprint density at radius 3 is 2.82 bits per heavy atom. The van der Waals surface area contributed by atoms with Gasteiger partial charge in [-0.3, -0.25) is 0 Å². The fourth-order valence-electron chi connectivity index (χ4n) is 2.47. The minimum Gasteiger partial charge on any atom is -0.327 e. The average molecular weight is 172 g/mol. The molecule has 0 aromatic heterocycles. The van der Waals surface area contributed by atoms with Gasteiger partial charge in [0.05, 0.1) is 0 Å². The number of allylic oxidation sites excluding steroid dienone is 2. The van der Waals surface area contributed by atoms with Crippen molar-refractivity contribution in [3.8, 4) is 0 Å². The molecule has 1 fully saturated rings. The van der Waals surface area contributed by atoms with Gasteiger partial charge in [0, 0.05) is 11.1 Å². The molecule has 0 spiro atoms. The highest BCUT2D eigenvalue weighted by Crippen LogP contribution is 2.48. The van der Waals surface area contributed by atoms with E-state index in [1.54, 1.807) is 0 Å². The summed E-state index contributed by atoms with van der Waals surface area (Å²) in [5.74, 6) is 1.29. The van der Waals surface area contributed by atoms with Gasteiger partial charge in [-0.2, -0.15) is 0 Å². The number of hydrogen-bond donors (Lipinski definition) is 1. The van der Waals surface area contributed by atoms with Crippen molar-refractivity contribution in [1.29, 1.82) is 0 Å². The molecule has 1 saturated carbocycles. The first-order valence-electron chi connectivity index (χ1n) is 4.31. The molecule has 0 heterocycles. The van der Waals surface area contributed by atoms with Crippen LogP contribution in [0.3, 0.4) is 0 Å². The second-order valence-electron chi connectivity index (χ2n) is 3.84. The van der Waals surface area contributed by atoms with E-state index in [1.807, 2.05) is 0 Å². The van der Waals surface area contributed by atoms with E-state index >= 15 is 0 Å². The first-order chi connectivity index (χ1) is 5.20. The molecule has 2 aliphatic carbocycles. The van der Waals surface area contributed by atoms with E-state index in [-0.39, 0.29) is 0 Å². The number of rotatable bonds is 0. The van der Waals surface area contributed by atoms with Crippen LogP contribution < -0.4 is 5.73 Å². The quantitative estimate of drug-likeness (QED) is 0.595. The number of hydrogen-bond acceptors (Lipinski definition) is 1. The van der Waals surface area contributed by atoms with Gasteiger partial charge in [0.25, 0.3) is 0 Å². The zero-order valence-electron chi connectivity index (χ0n) is 6.81. The Kier molecular flexibility index (Phi) is 1.73. The number of fused-ring (bicyclic) bond motifs is 1. The lowest BCUT2D eigenvalue weighted by Crippen LogP contribution is -2.25. The zero-order valence-corrected chi connectivity index (χ0v) is 7.56. The van der Waals surface area contributed by atoms with Crippen molar-refractivity contribution in [2.75, 3.05) is 0 Å². The fraction of sp³-hybridized carbons (Fsp3) is 0.778. The summed E-state index contributed by atoms with van der Waals surface area (Å²) in [6.07, 6.45) is 3.52. The van der Waals surface area contributed by atoms with Crippen molar-refractivity contribution in [3.05, 3.63) is 10.6 Å². The standard InChI is InChI=1S/C9H14ClN/c1-5-4-7-6(9(5)10)2-3-8(7)11/h6-8H,2-4,11H2,1H3/t6?,7?,8-/m0/s1. The van der Waals surface area contributed by atoms with Gasteiger partial charge in [-0.25, -0.2) is 0 Å². The third kappa shape index (κ3) is 1.02. The first-order valence-corrected chi connectivity index (χ1v) is 4.68. The van der Waals surface area contributed by atoms with Crippen LogP contribution in [0.1, 0.15) is 26.2 Å². The Morgan fingerprint density at radius 1 is 1.45 bits per heavy atom. The first kappa shape index (κ1) is 7.63. The lowest BCUT2D eigenvalue weighted by Gasteiger charge is -2.13. The van der Waals surface area contributed by atoms with Crippen LogP contribution in [0.5, 0.6) is 0 Å². The Labute approximate surface area is 72.6 Å². The van der Waals surface area contributed by atoms with Gasteiger partial charge in [-0.1, -0.05) is 17.2 Å². The summed E-state index contributed by atoms with van der Waals surface area (Å²) in [6, 6.07) is 0.409. The summed E-state index contributed by atoms with van der Waals surface area (Å²) in [7, 11) is 0. The Bertz CT molecular complexity index is 210. The minimum absolute atomic E-state index is 0.409. The average Bonchev–Trinajstić information content (AvgIpc) is 2.43. The van der Waals surface area contributed by atoms with Gasteiger partial charge >= 0.3 is 0 Å². The Hall–Kier alpha value is -0.0100. The lowest BCUT2D eigenvalue weighted by molar-refractivity contribution is 0.440. The second kappa shape index (κ2) is 2.49. The topological polar surface area (TPSA) is 26.0 Å². The van der Waals surface area contributed by atoms with Gasteiger partial charge < -0.3 is 5.73 Å². The maximum atomic E-state index is 6.15. The molecular weight excluding hydrogens is 158 g/mol. The molecule has 3 atom stereocenters. The molecule has 11 heavy (non-hydrogen) atoms. The van der Waals surface area contributed by atoms with Gasteiger partial charge in [-0.05, 0) is 38.0 Å². The van der Waals surface area contributed by atoms with Gasteiger partial charge in [0.2, 0.25) is 0 Å². The van der Waals surface area contributed by atoms with E-state index in [0.29, 0.717) is 17.9 Å². The summed E-state index contributed by atoms with van der Waals surface area (Å²) < 4.78 is 0. The Morgan fingerprint density at radius 2 is 2.18 bits per heavy atom. The molecule has 0 aliphatic heterocycles. The smallest absolute Gasteiger partial charge is 0.0204 e. The molecule has 0 saturated heterocycles. The summed E-state index contributed by atoms with van der Waals surface area (Å²) >= 11 is 6.15. The monoisotopic (exact) mass is 171 g/mol. The zero-order chi connectivity index (χ0) is 8.01. The molecule has 2 unspecified atom stereocenters. The van der Waals surface area contributed by atoms with Crippen molar-refractivity contribution >= 4 is 11.6 Å². The van der Waals surface area contributed by atoms with E-state index in [4.69, 9.17) is 17.3 Å². The lowest BCUT2D eigenvalue weighted by atomic mass is 9.97.